The van der Waals surface area contributed by atoms with Gasteiger partial charge in [-0.1, -0.05) is 31.2 Å². The molecule has 86 valence electrons. The number of benzene rings is 1. The third kappa shape index (κ3) is 2.50. The quantitative estimate of drug-likeness (QED) is 0.876. The molecule has 0 spiro atoms. The molecule has 2 aromatic rings. The zero-order valence-electron chi connectivity index (χ0n) is 9.55. The van der Waals surface area contributed by atoms with E-state index in [2.05, 4.69) is 11.9 Å². The van der Waals surface area contributed by atoms with E-state index in [1.165, 1.54) is 17.8 Å². The molecule has 17 heavy (non-hydrogen) atoms. The van der Waals surface area contributed by atoms with Gasteiger partial charge in [0.2, 0.25) is 0 Å². The Hall–Kier alpha value is -2.16. The maximum absolute atomic E-state index is 10.9. The van der Waals surface area contributed by atoms with Crippen LogP contribution >= 0.6 is 0 Å². The van der Waals surface area contributed by atoms with Crippen LogP contribution in [0.2, 0.25) is 0 Å². The molecule has 0 saturated heterocycles. The minimum Gasteiger partial charge on any atom is -0.478 e. The van der Waals surface area contributed by atoms with Crippen molar-refractivity contribution in [3.63, 3.8) is 0 Å². The van der Waals surface area contributed by atoms with Crippen molar-refractivity contribution in [3.8, 4) is 11.3 Å². The van der Waals surface area contributed by atoms with Gasteiger partial charge in [-0.3, -0.25) is 4.98 Å². The van der Waals surface area contributed by atoms with E-state index in [-0.39, 0.29) is 5.56 Å². The topological polar surface area (TPSA) is 50.2 Å². The fourth-order valence-electron chi connectivity index (χ4n) is 1.63. The second kappa shape index (κ2) is 4.78. The van der Waals surface area contributed by atoms with Crippen LogP contribution in [0, 0.1) is 0 Å². The summed E-state index contributed by atoms with van der Waals surface area (Å²) in [6.07, 6.45) is 2.51. The minimum absolute atomic E-state index is 0.259. The fourth-order valence-corrected chi connectivity index (χ4v) is 1.63. The third-order valence-corrected chi connectivity index (χ3v) is 2.66. The average Bonchev–Trinajstić information content (AvgIpc) is 2.39. The zero-order chi connectivity index (χ0) is 12.3. The van der Waals surface area contributed by atoms with E-state index < -0.39 is 5.97 Å². The molecule has 1 aromatic carbocycles. The number of pyridine rings is 1. The number of nitrogens with zero attached hydrogens (tertiary/aromatic N) is 1. The molecule has 1 N–H and O–H groups in total. The highest BCUT2D eigenvalue weighted by Crippen LogP contribution is 2.18. The Morgan fingerprint density at radius 2 is 1.94 bits per heavy atom. The molecule has 0 unspecified atom stereocenters. The van der Waals surface area contributed by atoms with Crippen LogP contribution in [0.15, 0.2) is 42.6 Å². The molecule has 0 amide bonds. The maximum Gasteiger partial charge on any atom is 0.335 e. The molecule has 3 nitrogen and oxygen atoms in total. The predicted molar refractivity (Wildman–Crippen MR) is 66.0 cm³/mol. The van der Waals surface area contributed by atoms with Gasteiger partial charge in [-0.25, -0.2) is 4.79 Å². The molecule has 1 heterocycles. The number of rotatable bonds is 3. The van der Waals surface area contributed by atoms with Crippen LogP contribution in [0.25, 0.3) is 11.3 Å². The van der Waals surface area contributed by atoms with E-state index in [9.17, 15) is 4.79 Å². The lowest BCUT2D eigenvalue weighted by molar-refractivity contribution is 0.0697. The Morgan fingerprint density at radius 1 is 1.24 bits per heavy atom. The summed E-state index contributed by atoms with van der Waals surface area (Å²) in [5, 5.41) is 8.91. The lowest BCUT2D eigenvalue weighted by Gasteiger charge is -2.03. The molecule has 1 aromatic heterocycles. The Morgan fingerprint density at radius 3 is 2.53 bits per heavy atom. The van der Waals surface area contributed by atoms with Crippen LogP contribution in [0.1, 0.15) is 22.8 Å². The molecule has 0 aliphatic carbocycles. The molecular weight excluding hydrogens is 214 g/mol. The van der Waals surface area contributed by atoms with Crippen molar-refractivity contribution < 1.29 is 9.90 Å². The van der Waals surface area contributed by atoms with Gasteiger partial charge in [0.15, 0.2) is 0 Å². The maximum atomic E-state index is 10.9. The number of aromatic nitrogens is 1. The van der Waals surface area contributed by atoms with E-state index in [0.717, 1.165) is 12.0 Å². The van der Waals surface area contributed by atoms with Crippen molar-refractivity contribution in [2.24, 2.45) is 0 Å². The summed E-state index contributed by atoms with van der Waals surface area (Å²) in [6.45, 7) is 2.10. The minimum atomic E-state index is -0.932. The Balaban J connectivity index is 2.38. The van der Waals surface area contributed by atoms with Gasteiger partial charge in [0.1, 0.15) is 0 Å². The number of hydrogen-bond acceptors (Lipinski definition) is 2. The first-order valence-corrected chi connectivity index (χ1v) is 5.49. The van der Waals surface area contributed by atoms with Gasteiger partial charge >= 0.3 is 5.97 Å². The molecule has 0 saturated carbocycles. The van der Waals surface area contributed by atoms with Crippen molar-refractivity contribution in [2.45, 2.75) is 13.3 Å². The summed E-state index contributed by atoms with van der Waals surface area (Å²) >= 11 is 0. The van der Waals surface area contributed by atoms with Gasteiger partial charge in [-0.05, 0) is 24.1 Å². The Kier molecular flexibility index (Phi) is 3.19. The highest BCUT2D eigenvalue weighted by atomic mass is 16.4. The summed E-state index contributed by atoms with van der Waals surface area (Å²) in [5.41, 5.74) is 3.13. The van der Waals surface area contributed by atoms with Crippen LogP contribution < -0.4 is 0 Å². The first-order valence-electron chi connectivity index (χ1n) is 5.49. The monoisotopic (exact) mass is 227 g/mol. The van der Waals surface area contributed by atoms with Gasteiger partial charge in [-0.2, -0.15) is 0 Å². The molecule has 0 radical (unpaired) electrons. The van der Waals surface area contributed by atoms with E-state index in [0.29, 0.717) is 5.69 Å². The molecule has 0 bridgehead atoms. The summed E-state index contributed by atoms with van der Waals surface area (Å²) in [7, 11) is 0. The van der Waals surface area contributed by atoms with Crippen LogP contribution in [0.3, 0.4) is 0 Å². The first-order chi connectivity index (χ1) is 8.20. The van der Waals surface area contributed by atoms with Crippen molar-refractivity contribution in [1.29, 1.82) is 0 Å². The van der Waals surface area contributed by atoms with E-state index in [1.807, 2.05) is 24.3 Å². The number of carboxylic acids is 1. The Labute approximate surface area is 99.8 Å². The first kappa shape index (κ1) is 11.3. The summed E-state index contributed by atoms with van der Waals surface area (Å²) < 4.78 is 0. The van der Waals surface area contributed by atoms with Crippen LogP contribution in [-0.4, -0.2) is 16.1 Å². The number of carboxylic acid groups (broad SMARTS) is 1. The average molecular weight is 227 g/mol. The van der Waals surface area contributed by atoms with Crippen molar-refractivity contribution in [1.82, 2.24) is 4.98 Å². The molecule has 0 atom stereocenters. The predicted octanol–water partition coefficient (Wildman–Crippen LogP) is 3.01. The van der Waals surface area contributed by atoms with Crippen molar-refractivity contribution in [3.05, 3.63) is 53.7 Å². The smallest absolute Gasteiger partial charge is 0.335 e. The molecule has 3 heteroatoms. The van der Waals surface area contributed by atoms with E-state index >= 15 is 0 Å². The van der Waals surface area contributed by atoms with Crippen LogP contribution in [0.5, 0.6) is 0 Å². The molecule has 0 aliphatic heterocycles. The normalized spacial score (nSPS) is 10.2. The largest absolute Gasteiger partial charge is 0.478 e. The van der Waals surface area contributed by atoms with Gasteiger partial charge < -0.3 is 5.11 Å². The second-order valence-corrected chi connectivity index (χ2v) is 3.79. The third-order valence-electron chi connectivity index (χ3n) is 2.66. The van der Waals surface area contributed by atoms with E-state index in [4.69, 9.17) is 5.11 Å². The summed E-state index contributed by atoms with van der Waals surface area (Å²) in [4.78, 5) is 15.0. The number of aromatic carboxylic acids is 1. The van der Waals surface area contributed by atoms with Gasteiger partial charge in [0, 0.05) is 11.8 Å². The molecule has 2 rings (SSSR count). The number of aryl methyl sites for hydroxylation is 1. The highest BCUT2D eigenvalue weighted by molar-refractivity contribution is 5.88. The highest BCUT2D eigenvalue weighted by Gasteiger charge is 2.05. The van der Waals surface area contributed by atoms with Crippen molar-refractivity contribution in [2.75, 3.05) is 0 Å². The van der Waals surface area contributed by atoms with Crippen molar-refractivity contribution >= 4 is 5.97 Å². The summed E-state index contributed by atoms with van der Waals surface area (Å²) in [5.74, 6) is -0.932. The lowest BCUT2D eigenvalue weighted by atomic mass is 10.1. The lowest BCUT2D eigenvalue weighted by Crippen LogP contribution is -1.97. The van der Waals surface area contributed by atoms with Gasteiger partial charge in [-0.15, -0.1) is 0 Å². The summed E-state index contributed by atoms with van der Waals surface area (Å²) in [6, 6.07) is 11.1. The zero-order valence-corrected chi connectivity index (χ0v) is 9.55. The molecular formula is C14H13NO2. The molecule has 0 aliphatic rings. The second-order valence-electron chi connectivity index (χ2n) is 3.79. The number of hydrogen-bond donors (Lipinski definition) is 1. The molecule has 0 fully saturated rings. The SMILES string of the molecule is CCc1ccc(-c2cc(C(=O)O)ccn2)cc1. The van der Waals surface area contributed by atoms with E-state index in [1.54, 1.807) is 6.07 Å². The standard InChI is InChI=1S/C14H13NO2/c1-2-10-3-5-11(6-4-10)13-9-12(14(16)17)7-8-15-13/h3-9H,2H2,1H3,(H,16,17). The number of carbonyl (C=O) groups is 1. The Bertz CT molecular complexity index is 532. The van der Waals surface area contributed by atoms with Crippen LogP contribution in [0.4, 0.5) is 0 Å². The van der Waals surface area contributed by atoms with Gasteiger partial charge in [0.05, 0.1) is 11.3 Å². The van der Waals surface area contributed by atoms with Gasteiger partial charge in [0.25, 0.3) is 0 Å². The fraction of sp³-hybridized carbons (Fsp3) is 0.143. The van der Waals surface area contributed by atoms with Crippen LogP contribution in [-0.2, 0) is 6.42 Å².